The van der Waals surface area contributed by atoms with Crippen LogP contribution in [0.5, 0.6) is 0 Å². The molecule has 0 bridgehead atoms. The molecule has 1 atom stereocenters. The van der Waals surface area contributed by atoms with Gasteiger partial charge in [0.15, 0.2) is 0 Å². The highest BCUT2D eigenvalue weighted by atomic mass is 15.2. The molecule has 1 N–H and O–H groups in total. The normalized spacial score (nSPS) is 20.2. The van der Waals surface area contributed by atoms with E-state index in [2.05, 4.69) is 51.8 Å². The van der Waals surface area contributed by atoms with E-state index in [1.54, 1.807) is 0 Å². The van der Waals surface area contributed by atoms with Gasteiger partial charge in [0.2, 0.25) is 0 Å². The van der Waals surface area contributed by atoms with Crippen LogP contribution >= 0.6 is 0 Å². The molecule has 1 aliphatic carbocycles. The van der Waals surface area contributed by atoms with E-state index < -0.39 is 0 Å². The fourth-order valence-corrected chi connectivity index (χ4v) is 2.73. The van der Waals surface area contributed by atoms with Crippen molar-refractivity contribution in [1.29, 1.82) is 0 Å². The van der Waals surface area contributed by atoms with Gasteiger partial charge in [-0.05, 0) is 52.0 Å². The third-order valence-corrected chi connectivity index (χ3v) is 3.95. The summed E-state index contributed by atoms with van der Waals surface area (Å²) in [6.07, 6.45) is 5.44. The van der Waals surface area contributed by atoms with Crippen molar-refractivity contribution in [3.63, 3.8) is 0 Å². The molecule has 1 fully saturated rings. The standard InChI is InChI=1S/C16H34N2/c1-7-11-16(6,12-17-15(3,4)5)13-18(8-2)14-9-10-14/h14,17H,7-13H2,1-6H3. The van der Waals surface area contributed by atoms with Crippen LogP contribution < -0.4 is 5.32 Å². The zero-order valence-electron chi connectivity index (χ0n) is 13.5. The van der Waals surface area contributed by atoms with E-state index in [0.29, 0.717) is 5.41 Å². The summed E-state index contributed by atoms with van der Waals surface area (Å²) in [5.74, 6) is 0. The van der Waals surface area contributed by atoms with Crippen molar-refractivity contribution in [3.05, 3.63) is 0 Å². The van der Waals surface area contributed by atoms with Gasteiger partial charge in [0.25, 0.3) is 0 Å². The monoisotopic (exact) mass is 254 g/mol. The van der Waals surface area contributed by atoms with Gasteiger partial charge in [-0.3, -0.25) is 0 Å². The Morgan fingerprint density at radius 2 is 1.72 bits per heavy atom. The van der Waals surface area contributed by atoms with Gasteiger partial charge in [0, 0.05) is 24.7 Å². The Hall–Kier alpha value is -0.0800. The van der Waals surface area contributed by atoms with Crippen LogP contribution in [-0.4, -0.2) is 36.1 Å². The summed E-state index contributed by atoms with van der Waals surface area (Å²) in [5.41, 5.74) is 0.645. The number of nitrogens with zero attached hydrogens (tertiary/aromatic N) is 1. The minimum absolute atomic E-state index is 0.228. The zero-order valence-corrected chi connectivity index (χ0v) is 13.5. The van der Waals surface area contributed by atoms with Crippen LogP contribution in [-0.2, 0) is 0 Å². The van der Waals surface area contributed by atoms with Crippen molar-refractivity contribution in [1.82, 2.24) is 10.2 Å². The van der Waals surface area contributed by atoms with Crippen molar-refractivity contribution in [3.8, 4) is 0 Å². The zero-order chi connectivity index (χ0) is 13.8. The lowest BCUT2D eigenvalue weighted by Gasteiger charge is -2.38. The predicted octanol–water partition coefficient (Wildman–Crippen LogP) is 3.67. The smallest absolute Gasteiger partial charge is 0.00967 e. The van der Waals surface area contributed by atoms with E-state index in [1.165, 1.54) is 38.8 Å². The topological polar surface area (TPSA) is 15.3 Å². The third-order valence-electron chi connectivity index (χ3n) is 3.95. The van der Waals surface area contributed by atoms with Crippen molar-refractivity contribution >= 4 is 0 Å². The molecule has 1 unspecified atom stereocenters. The van der Waals surface area contributed by atoms with Gasteiger partial charge in [-0.25, -0.2) is 0 Å². The van der Waals surface area contributed by atoms with Crippen LogP contribution in [0.15, 0.2) is 0 Å². The summed E-state index contributed by atoms with van der Waals surface area (Å²) in [6.45, 7) is 17.5. The summed E-state index contributed by atoms with van der Waals surface area (Å²) in [5, 5.41) is 3.71. The molecule has 0 aromatic rings. The highest BCUT2D eigenvalue weighted by Crippen LogP contribution is 2.32. The minimum Gasteiger partial charge on any atom is -0.311 e. The molecule has 108 valence electrons. The molecule has 1 aliphatic rings. The molecule has 2 heteroatoms. The summed E-state index contributed by atoms with van der Waals surface area (Å²) < 4.78 is 0. The molecule has 0 radical (unpaired) electrons. The first-order chi connectivity index (χ1) is 8.29. The van der Waals surface area contributed by atoms with Crippen LogP contribution in [0.2, 0.25) is 0 Å². The van der Waals surface area contributed by atoms with Crippen molar-refractivity contribution < 1.29 is 0 Å². The molecule has 2 nitrogen and oxygen atoms in total. The molecule has 0 amide bonds. The maximum atomic E-state index is 3.71. The van der Waals surface area contributed by atoms with Crippen molar-refractivity contribution in [2.75, 3.05) is 19.6 Å². The number of hydrogen-bond acceptors (Lipinski definition) is 2. The maximum absolute atomic E-state index is 3.71. The highest BCUT2D eigenvalue weighted by Gasteiger charge is 2.34. The fraction of sp³-hybridized carbons (Fsp3) is 1.00. The van der Waals surface area contributed by atoms with E-state index in [0.717, 1.165) is 12.6 Å². The van der Waals surface area contributed by atoms with Crippen LogP contribution in [0.4, 0.5) is 0 Å². The molecule has 0 spiro atoms. The Morgan fingerprint density at radius 1 is 1.11 bits per heavy atom. The first-order valence-electron chi connectivity index (χ1n) is 7.79. The molecule has 0 aromatic heterocycles. The van der Waals surface area contributed by atoms with Gasteiger partial charge in [0.05, 0.1) is 0 Å². The largest absolute Gasteiger partial charge is 0.311 e. The molecule has 1 rings (SSSR count). The molecule has 0 aromatic carbocycles. The number of hydrogen-bond donors (Lipinski definition) is 1. The molecular formula is C16H34N2. The predicted molar refractivity (Wildman–Crippen MR) is 81.0 cm³/mol. The highest BCUT2D eigenvalue weighted by molar-refractivity contribution is 4.90. The van der Waals surface area contributed by atoms with Crippen LogP contribution in [0.3, 0.4) is 0 Å². The second-order valence-corrected chi connectivity index (χ2v) is 7.46. The van der Waals surface area contributed by atoms with Gasteiger partial charge in [0.1, 0.15) is 0 Å². The SMILES string of the molecule is CCCC(C)(CNC(C)(C)C)CN(CC)C1CC1. The minimum atomic E-state index is 0.228. The lowest BCUT2D eigenvalue weighted by Crippen LogP contribution is -2.48. The Labute approximate surface area is 115 Å². The van der Waals surface area contributed by atoms with Crippen LogP contribution in [0, 0.1) is 5.41 Å². The van der Waals surface area contributed by atoms with E-state index >= 15 is 0 Å². The van der Waals surface area contributed by atoms with Gasteiger partial charge < -0.3 is 10.2 Å². The van der Waals surface area contributed by atoms with Crippen LogP contribution in [0.1, 0.15) is 67.2 Å². The lowest BCUT2D eigenvalue weighted by molar-refractivity contribution is 0.139. The van der Waals surface area contributed by atoms with E-state index in [9.17, 15) is 0 Å². The molecule has 1 saturated carbocycles. The average molecular weight is 254 g/mol. The summed E-state index contributed by atoms with van der Waals surface area (Å²) >= 11 is 0. The lowest BCUT2D eigenvalue weighted by atomic mass is 9.84. The molecule has 0 saturated heterocycles. The molecule has 0 heterocycles. The first kappa shape index (κ1) is 16.0. The van der Waals surface area contributed by atoms with E-state index in [4.69, 9.17) is 0 Å². The second kappa shape index (κ2) is 6.38. The third kappa shape index (κ3) is 5.71. The Morgan fingerprint density at radius 3 is 2.11 bits per heavy atom. The van der Waals surface area contributed by atoms with Gasteiger partial charge in [-0.2, -0.15) is 0 Å². The summed E-state index contributed by atoms with van der Waals surface area (Å²) in [4.78, 5) is 2.69. The average Bonchev–Trinajstić information content (AvgIpc) is 3.07. The Balaban J connectivity index is 2.54. The summed E-state index contributed by atoms with van der Waals surface area (Å²) in [7, 11) is 0. The van der Waals surface area contributed by atoms with Gasteiger partial charge in [-0.1, -0.05) is 27.2 Å². The number of rotatable bonds is 8. The molecule has 0 aliphatic heterocycles. The quantitative estimate of drug-likeness (QED) is 0.711. The van der Waals surface area contributed by atoms with Gasteiger partial charge >= 0.3 is 0 Å². The first-order valence-corrected chi connectivity index (χ1v) is 7.79. The maximum Gasteiger partial charge on any atom is 0.00967 e. The Bertz CT molecular complexity index is 240. The fourth-order valence-electron chi connectivity index (χ4n) is 2.73. The van der Waals surface area contributed by atoms with Crippen molar-refractivity contribution in [2.24, 2.45) is 5.41 Å². The van der Waals surface area contributed by atoms with Gasteiger partial charge in [-0.15, -0.1) is 0 Å². The second-order valence-electron chi connectivity index (χ2n) is 7.46. The molecule has 18 heavy (non-hydrogen) atoms. The summed E-state index contributed by atoms with van der Waals surface area (Å²) in [6, 6.07) is 0.890. The number of nitrogens with one attached hydrogen (secondary N) is 1. The van der Waals surface area contributed by atoms with E-state index in [1.807, 2.05) is 0 Å². The van der Waals surface area contributed by atoms with Crippen LogP contribution in [0.25, 0.3) is 0 Å². The Kier molecular flexibility index (Phi) is 5.67. The molecular weight excluding hydrogens is 220 g/mol. The van der Waals surface area contributed by atoms with Crippen molar-refractivity contribution in [2.45, 2.75) is 78.8 Å². The van der Waals surface area contributed by atoms with E-state index in [-0.39, 0.29) is 5.54 Å².